The summed E-state index contributed by atoms with van der Waals surface area (Å²) in [5, 5.41) is 18.0. The monoisotopic (exact) mass is 232 g/mol. The van der Waals surface area contributed by atoms with Crippen LogP contribution in [-0.4, -0.2) is 27.7 Å². The van der Waals surface area contributed by atoms with Gasteiger partial charge in [0, 0.05) is 6.66 Å². The molecule has 0 saturated heterocycles. The first-order chi connectivity index (χ1) is 6.79. The fraction of sp³-hybridized carbons (Fsp3) is 0.125. The Labute approximate surface area is 85.3 Å². The average molecular weight is 232 g/mol. The first kappa shape index (κ1) is 11.6. The lowest BCUT2D eigenvalue weighted by molar-refractivity contribution is 0.0719. The van der Waals surface area contributed by atoms with Crippen molar-refractivity contribution in [3.8, 4) is 11.5 Å². The van der Waals surface area contributed by atoms with Gasteiger partial charge in [-0.05, 0) is 18.2 Å². The largest absolute Gasteiger partial charge is 0.504 e. The van der Waals surface area contributed by atoms with Gasteiger partial charge in [0.25, 0.3) is 0 Å². The summed E-state index contributed by atoms with van der Waals surface area (Å²) in [6.07, 6.45) is 0. The van der Waals surface area contributed by atoms with Crippen LogP contribution >= 0.6 is 7.60 Å². The van der Waals surface area contributed by atoms with E-state index in [1.165, 1.54) is 0 Å². The molecule has 1 unspecified atom stereocenters. The Morgan fingerprint density at radius 3 is 2.40 bits per heavy atom. The topological polar surface area (TPSA) is 104 Å². The second-order valence-electron chi connectivity index (χ2n) is 2.89. The van der Waals surface area contributed by atoms with Crippen LogP contribution in [0, 0.1) is 0 Å². The zero-order valence-corrected chi connectivity index (χ0v) is 8.64. The van der Waals surface area contributed by atoms with Gasteiger partial charge in [-0.25, -0.2) is 9.36 Å². The highest BCUT2D eigenvalue weighted by atomic mass is 31.2. The first-order valence-corrected chi connectivity index (χ1v) is 5.88. The van der Waals surface area contributed by atoms with Crippen molar-refractivity contribution in [2.24, 2.45) is 0 Å². The number of hydrogen-bond donors (Lipinski definition) is 3. The molecule has 0 heterocycles. The summed E-state index contributed by atoms with van der Waals surface area (Å²) in [5.41, 5.74) is -0.124. The molecule has 0 aliphatic rings. The Hall–Kier alpha value is -1.52. The zero-order chi connectivity index (χ0) is 11.6. The van der Waals surface area contributed by atoms with E-state index in [-0.39, 0.29) is 5.56 Å². The van der Waals surface area contributed by atoms with Crippen molar-refractivity contribution in [2.75, 3.05) is 6.66 Å². The molecule has 3 N–H and O–H groups in total. The van der Waals surface area contributed by atoms with Crippen LogP contribution in [0.4, 0.5) is 0 Å². The third-order valence-electron chi connectivity index (χ3n) is 1.46. The summed E-state index contributed by atoms with van der Waals surface area (Å²) >= 11 is 0. The van der Waals surface area contributed by atoms with Gasteiger partial charge >= 0.3 is 13.6 Å². The quantitative estimate of drug-likeness (QED) is 0.520. The maximum absolute atomic E-state index is 11.2. The number of aromatic hydroxyl groups is 2. The number of rotatable bonds is 2. The highest BCUT2D eigenvalue weighted by molar-refractivity contribution is 7.52. The summed E-state index contributed by atoms with van der Waals surface area (Å²) in [5.74, 6) is -1.94. The van der Waals surface area contributed by atoms with Gasteiger partial charge < -0.3 is 19.6 Å². The Kier molecular flexibility index (Phi) is 3.02. The number of benzene rings is 1. The maximum Gasteiger partial charge on any atom is 0.375 e. The lowest BCUT2D eigenvalue weighted by Gasteiger charge is -2.07. The van der Waals surface area contributed by atoms with E-state index >= 15 is 0 Å². The van der Waals surface area contributed by atoms with E-state index < -0.39 is 25.1 Å². The number of phenolic OH excluding ortho intramolecular Hbond substituents is 2. The van der Waals surface area contributed by atoms with Crippen LogP contribution in [0.5, 0.6) is 11.5 Å². The standard InChI is InChI=1S/C8H9O6P/c1-15(12,13)14-8(11)5-2-3-6(9)7(10)4-5/h2-4,9-10H,1H3,(H,12,13). The fourth-order valence-corrected chi connectivity index (χ4v) is 1.27. The molecule has 7 heteroatoms. The smallest absolute Gasteiger partial charge is 0.375 e. The Morgan fingerprint density at radius 1 is 1.33 bits per heavy atom. The summed E-state index contributed by atoms with van der Waals surface area (Å²) in [4.78, 5) is 20.0. The Morgan fingerprint density at radius 2 is 1.93 bits per heavy atom. The van der Waals surface area contributed by atoms with E-state index in [1.54, 1.807) is 0 Å². The van der Waals surface area contributed by atoms with Gasteiger partial charge in [-0.2, -0.15) is 0 Å². The van der Waals surface area contributed by atoms with E-state index in [0.29, 0.717) is 0 Å². The molecule has 0 saturated carbocycles. The third-order valence-corrected chi connectivity index (χ3v) is 1.97. The molecular weight excluding hydrogens is 223 g/mol. The van der Waals surface area contributed by atoms with Crippen molar-refractivity contribution in [1.82, 2.24) is 0 Å². The minimum absolute atomic E-state index is 0.124. The molecule has 1 aromatic carbocycles. The van der Waals surface area contributed by atoms with Crippen LogP contribution in [0.3, 0.4) is 0 Å². The lowest BCUT2D eigenvalue weighted by atomic mass is 10.2. The second kappa shape index (κ2) is 3.92. The molecule has 0 spiro atoms. The summed E-state index contributed by atoms with van der Waals surface area (Å²) < 4.78 is 14.9. The molecule has 15 heavy (non-hydrogen) atoms. The number of phenols is 2. The normalized spacial score (nSPS) is 14.3. The van der Waals surface area contributed by atoms with E-state index in [0.717, 1.165) is 24.9 Å². The molecule has 0 aromatic heterocycles. The van der Waals surface area contributed by atoms with Crippen molar-refractivity contribution in [2.45, 2.75) is 0 Å². The molecule has 0 fully saturated rings. The third kappa shape index (κ3) is 3.27. The van der Waals surface area contributed by atoms with E-state index in [9.17, 15) is 9.36 Å². The predicted molar refractivity (Wildman–Crippen MR) is 50.9 cm³/mol. The summed E-state index contributed by atoms with van der Waals surface area (Å²) in [6, 6.07) is 3.17. The number of carbonyl (C=O) groups excluding carboxylic acids is 1. The van der Waals surface area contributed by atoms with Crippen molar-refractivity contribution >= 4 is 13.6 Å². The van der Waals surface area contributed by atoms with Crippen molar-refractivity contribution in [3.63, 3.8) is 0 Å². The Bertz CT molecular complexity index is 435. The highest BCUT2D eigenvalue weighted by Crippen LogP contribution is 2.38. The number of carbonyl (C=O) groups is 1. The fourth-order valence-electron chi connectivity index (χ4n) is 0.857. The van der Waals surface area contributed by atoms with E-state index in [2.05, 4.69) is 4.52 Å². The molecule has 82 valence electrons. The van der Waals surface area contributed by atoms with Crippen LogP contribution in [0.2, 0.25) is 0 Å². The summed E-state index contributed by atoms with van der Waals surface area (Å²) in [6.45, 7) is 0.866. The van der Waals surface area contributed by atoms with Crippen molar-refractivity contribution in [3.05, 3.63) is 23.8 Å². The molecular formula is C8H9O6P. The highest BCUT2D eigenvalue weighted by Gasteiger charge is 2.19. The SMILES string of the molecule is CP(=O)(O)OC(=O)c1ccc(O)c(O)c1. The van der Waals surface area contributed by atoms with Crippen LogP contribution in [-0.2, 0) is 9.09 Å². The van der Waals surface area contributed by atoms with Crippen LogP contribution < -0.4 is 0 Å². The van der Waals surface area contributed by atoms with Crippen LogP contribution in [0.25, 0.3) is 0 Å². The second-order valence-corrected chi connectivity index (χ2v) is 4.67. The van der Waals surface area contributed by atoms with Gasteiger partial charge in [0.2, 0.25) is 0 Å². The zero-order valence-electron chi connectivity index (χ0n) is 7.75. The van der Waals surface area contributed by atoms with Crippen molar-refractivity contribution in [1.29, 1.82) is 0 Å². The molecule has 0 aliphatic carbocycles. The molecule has 0 radical (unpaired) electrons. The molecule has 0 aliphatic heterocycles. The van der Waals surface area contributed by atoms with Crippen molar-refractivity contribution < 1.29 is 29.0 Å². The molecule has 1 atom stereocenters. The molecule has 0 amide bonds. The molecule has 1 rings (SSSR count). The van der Waals surface area contributed by atoms with Crippen LogP contribution in [0.1, 0.15) is 10.4 Å². The van der Waals surface area contributed by atoms with Crippen LogP contribution in [0.15, 0.2) is 18.2 Å². The van der Waals surface area contributed by atoms with E-state index in [1.807, 2.05) is 0 Å². The first-order valence-electron chi connectivity index (χ1n) is 3.86. The van der Waals surface area contributed by atoms with Gasteiger partial charge in [-0.1, -0.05) is 0 Å². The predicted octanol–water partition coefficient (Wildman–Crippen LogP) is 1.07. The van der Waals surface area contributed by atoms with Gasteiger partial charge in [-0.15, -0.1) is 0 Å². The maximum atomic E-state index is 11.2. The molecule has 0 bridgehead atoms. The summed E-state index contributed by atoms with van der Waals surface area (Å²) in [7, 11) is -3.91. The van der Waals surface area contributed by atoms with Gasteiger partial charge in [0.1, 0.15) is 0 Å². The molecule has 6 nitrogen and oxygen atoms in total. The average Bonchev–Trinajstić information content (AvgIpc) is 2.06. The number of hydrogen-bond acceptors (Lipinski definition) is 5. The van der Waals surface area contributed by atoms with E-state index in [4.69, 9.17) is 15.1 Å². The molecule has 1 aromatic rings. The van der Waals surface area contributed by atoms with Gasteiger partial charge in [-0.3, -0.25) is 0 Å². The minimum Gasteiger partial charge on any atom is -0.504 e. The van der Waals surface area contributed by atoms with Gasteiger partial charge in [0.05, 0.1) is 5.56 Å². The lowest BCUT2D eigenvalue weighted by Crippen LogP contribution is -2.02. The minimum atomic E-state index is -3.91. The Balaban J connectivity index is 2.93. The van der Waals surface area contributed by atoms with Gasteiger partial charge in [0.15, 0.2) is 11.5 Å².